The lowest BCUT2D eigenvalue weighted by molar-refractivity contribution is -0.136. The van der Waals surface area contributed by atoms with Gasteiger partial charge in [-0.3, -0.25) is 9.59 Å². The summed E-state index contributed by atoms with van der Waals surface area (Å²) < 4.78 is 36.6. The average Bonchev–Trinajstić information content (AvgIpc) is 3.12. The van der Waals surface area contributed by atoms with Gasteiger partial charge in [-0.2, -0.15) is 0 Å². The van der Waals surface area contributed by atoms with E-state index < -0.39 is 27.8 Å². The number of amides is 2. The standard InChI is InChI=1S/C16H20FN3O4S/c17-13-5-1-2-6-14(13)20-9-11(8-15(20)21)16(22)19-7-3-4-12(19)10-25(18,23)24/h1-2,5-6,11-12H,3-4,7-10H2,(H2,18,23,24). The molecule has 0 bridgehead atoms. The van der Waals surface area contributed by atoms with E-state index in [1.54, 1.807) is 6.07 Å². The monoisotopic (exact) mass is 369 g/mol. The highest BCUT2D eigenvalue weighted by Gasteiger charge is 2.41. The number of carbonyl (C=O) groups excluding carboxylic acids is 2. The number of carbonyl (C=O) groups is 2. The number of halogens is 1. The summed E-state index contributed by atoms with van der Waals surface area (Å²) in [5.41, 5.74) is 0.158. The van der Waals surface area contributed by atoms with Crippen molar-refractivity contribution in [2.75, 3.05) is 23.7 Å². The summed E-state index contributed by atoms with van der Waals surface area (Å²) in [6.45, 7) is 0.542. The molecule has 2 aliphatic heterocycles. The van der Waals surface area contributed by atoms with E-state index in [9.17, 15) is 22.4 Å². The second kappa shape index (κ2) is 6.72. The van der Waals surface area contributed by atoms with Crippen LogP contribution >= 0.6 is 0 Å². The summed E-state index contributed by atoms with van der Waals surface area (Å²) in [4.78, 5) is 27.8. The van der Waals surface area contributed by atoms with Crippen LogP contribution in [-0.2, 0) is 19.6 Å². The molecule has 9 heteroatoms. The number of benzene rings is 1. The maximum atomic E-state index is 13.9. The van der Waals surface area contributed by atoms with Gasteiger partial charge in [-0.15, -0.1) is 0 Å². The Balaban J connectivity index is 1.73. The van der Waals surface area contributed by atoms with Crippen LogP contribution < -0.4 is 10.0 Å². The number of likely N-dealkylation sites (tertiary alicyclic amines) is 1. The molecule has 0 aliphatic carbocycles. The first-order valence-electron chi connectivity index (χ1n) is 8.12. The van der Waals surface area contributed by atoms with E-state index in [1.807, 2.05) is 0 Å². The Morgan fingerprint density at radius 3 is 2.72 bits per heavy atom. The number of nitrogens with two attached hydrogens (primary N) is 1. The molecule has 3 rings (SSSR count). The lowest BCUT2D eigenvalue weighted by atomic mass is 10.1. The molecule has 2 N–H and O–H groups in total. The Bertz CT molecular complexity index is 798. The fraction of sp³-hybridized carbons (Fsp3) is 0.500. The number of sulfonamides is 1. The quantitative estimate of drug-likeness (QED) is 0.833. The molecule has 2 atom stereocenters. The molecule has 0 spiro atoms. The first-order valence-corrected chi connectivity index (χ1v) is 9.83. The lowest BCUT2D eigenvalue weighted by Gasteiger charge is -2.26. The van der Waals surface area contributed by atoms with Crippen molar-refractivity contribution in [1.29, 1.82) is 0 Å². The number of primary sulfonamides is 1. The number of hydrogen-bond donors (Lipinski definition) is 1. The van der Waals surface area contributed by atoms with Gasteiger partial charge < -0.3 is 9.80 Å². The molecule has 1 aromatic carbocycles. The van der Waals surface area contributed by atoms with Crippen LogP contribution in [0, 0.1) is 11.7 Å². The molecule has 2 unspecified atom stereocenters. The highest BCUT2D eigenvalue weighted by atomic mass is 32.2. The van der Waals surface area contributed by atoms with Crippen molar-refractivity contribution < 1.29 is 22.4 Å². The summed E-state index contributed by atoms with van der Waals surface area (Å²) in [6.07, 6.45) is 1.26. The minimum Gasteiger partial charge on any atom is -0.338 e. The van der Waals surface area contributed by atoms with Crippen LogP contribution in [0.1, 0.15) is 19.3 Å². The van der Waals surface area contributed by atoms with Crippen molar-refractivity contribution in [3.8, 4) is 0 Å². The van der Waals surface area contributed by atoms with Gasteiger partial charge in [-0.1, -0.05) is 12.1 Å². The molecule has 2 saturated heterocycles. The highest BCUT2D eigenvalue weighted by molar-refractivity contribution is 7.89. The Kier molecular flexibility index (Phi) is 4.79. The normalized spacial score (nSPS) is 24.2. The fourth-order valence-electron chi connectivity index (χ4n) is 3.58. The van der Waals surface area contributed by atoms with Crippen molar-refractivity contribution in [3.63, 3.8) is 0 Å². The number of rotatable bonds is 4. The summed E-state index contributed by atoms with van der Waals surface area (Å²) >= 11 is 0. The van der Waals surface area contributed by atoms with Crippen LogP contribution in [0.5, 0.6) is 0 Å². The molecular formula is C16H20FN3O4S. The maximum absolute atomic E-state index is 13.9. The van der Waals surface area contributed by atoms with Crippen LogP contribution in [0.4, 0.5) is 10.1 Å². The van der Waals surface area contributed by atoms with Gasteiger partial charge in [0.1, 0.15) is 5.82 Å². The zero-order valence-corrected chi connectivity index (χ0v) is 14.4. The molecule has 7 nitrogen and oxygen atoms in total. The predicted molar refractivity (Wildman–Crippen MR) is 89.6 cm³/mol. The molecule has 136 valence electrons. The summed E-state index contributed by atoms with van der Waals surface area (Å²) in [5.74, 6) is -1.98. The number of hydrogen-bond acceptors (Lipinski definition) is 4. The van der Waals surface area contributed by atoms with Gasteiger partial charge in [0.15, 0.2) is 0 Å². The van der Waals surface area contributed by atoms with Gasteiger partial charge in [-0.25, -0.2) is 17.9 Å². The molecule has 0 aromatic heterocycles. The predicted octanol–water partition coefficient (Wildman–Crippen LogP) is 0.458. The third-order valence-electron chi connectivity index (χ3n) is 4.70. The molecular weight excluding hydrogens is 349 g/mol. The fourth-order valence-corrected chi connectivity index (χ4v) is 4.46. The van der Waals surface area contributed by atoms with Gasteiger partial charge in [0.25, 0.3) is 0 Å². The first-order chi connectivity index (χ1) is 11.8. The third kappa shape index (κ3) is 3.82. The molecule has 2 aliphatic rings. The Hall–Kier alpha value is -2.00. The van der Waals surface area contributed by atoms with E-state index in [2.05, 4.69) is 0 Å². The van der Waals surface area contributed by atoms with E-state index in [-0.39, 0.29) is 36.2 Å². The van der Waals surface area contributed by atoms with Crippen molar-refractivity contribution in [3.05, 3.63) is 30.1 Å². The highest BCUT2D eigenvalue weighted by Crippen LogP contribution is 2.30. The van der Waals surface area contributed by atoms with E-state index in [1.165, 1.54) is 28.0 Å². The van der Waals surface area contributed by atoms with E-state index in [4.69, 9.17) is 5.14 Å². The van der Waals surface area contributed by atoms with Crippen LogP contribution in [0.2, 0.25) is 0 Å². The van der Waals surface area contributed by atoms with Crippen LogP contribution in [-0.4, -0.2) is 50.0 Å². The molecule has 0 radical (unpaired) electrons. The molecule has 2 heterocycles. The number of nitrogens with zero attached hydrogens (tertiary/aromatic N) is 2. The van der Waals surface area contributed by atoms with E-state index in [0.717, 1.165) is 0 Å². The lowest BCUT2D eigenvalue weighted by Crippen LogP contribution is -2.44. The largest absolute Gasteiger partial charge is 0.338 e. The minimum atomic E-state index is -3.69. The Morgan fingerprint density at radius 2 is 2.04 bits per heavy atom. The van der Waals surface area contributed by atoms with Crippen molar-refractivity contribution in [2.24, 2.45) is 11.1 Å². The summed E-state index contributed by atoms with van der Waals surface area (Å²) in [6, 6.07) is 5.47. The van der Waals surface area contributed by atoms with Gasteiger partial charge in [0.2, 0.25) is 21.8 Å². The molecule has 0 saturated carbocycles. The second-order valence-corrected chi connectivity index (χ2v) is 8.17. The average molecular weight is 369 g/mol. The smallest absolute Gasteiger partial charge is 0.228 e. The van der Waals surface area contributed by atoms with Gasteiger partial charge in [-0.05, 0) is 25.0 Å². The minimum absolute atomic E-state index is 0.00817. The Morgan fingerprint density at radius 1 is 1.32 bits per heavy atom. The summed E-state index contributed by atoms with van der Waals surface area (Å²) in [7, 11) is -3.69. The van der Waals surface area contributed by atoms with Gasteiger partial charge >= 0.3 is 0 Å². The zero-order chi connectivity index (χ0) is 18.2. The first kappa shape index (κ1) is 17.8. The molecule has 1 aromatic rings. The van der Waals surface area contributed by atoms with Crippen molar-refractivity contribution >= 4 is 27.5 Å². The molecule has 2 amide bonds. The number of para-hydroxylation sites is 1. The maximum Gasteiger partial charge on any atom is 0.228 e. The zero-order valence-electron chi connectivity index (χ0n) is 13.6. The molecule has 25 heavy (non-hydrogen) atoms. The number of anilines is 1. The van der Waals surface area contributed by atoms with Crippen LogP contribution in [0.3, 0.4) is 0 Å². The van der Waals surface area contributed by atoms with Gasteiger partial charge in [0.05, 0.1) is 17.4 Å². The Labute approximate surface area is 145 Å². The van der Waals surface area contributed by atoms with Crippen molar-refractivity contribution in [1.82, 2.24) is 4.90 Å². The van der Waals surface area contributed by atoms with Gasteiger partial charge in [0, 0.05) is 25.6 Å². The van der Waals surface area contributed by atoms with E-state index >= 15 is 0 Å². The third-order valence-corrected chi connectivity index (χ3v) is 5.55. The topological polar surface area (TPSA) is 101 Å². The second-order valence-electron chi connectivity index (χ2n) is 6.51. The SMILES string of the molecule is NS(=O)(=O)CC1CCCN1C(=O)C1CC(=O)N(c2ccccc2F)C1. The van der Waals surface area contributed by atoms with E-state index in [0.29, 0.717) is 19.4 Å². The summed E-state index contributed by atoms with van der Waals surface area (Å²) in [5, 5.41) is 5.10. The van der Waals surface area contributed by atoms with Crippen molar-refractivity contribution in [2.45, 2.75) is 25.3 Å². The molecule has 2 fully saturated rings. The van der Waals surface area contributed by atoms with Crippen LogP contribution in [0.25, 0.3) is 0 Å². The van der Waals surface area contributed by atoms with Crippen LogP contribution in [0.15, 0.2) is 24.3 Å².